The topological polar surface area (TPSA) is 21.3 Å². The number of hydrogen-bond donors (Lipinski definition) is 1. The number of ether oxygens (including phenoxy) is 1. The molecule has 1 rings (SSSR count). The molecule has 0 aliphatic heterocycles. The Labute approximate surface area is 112 Å². The lowest BCUT2D eigenvalue weighted by Crippen LogP contribution is -2.24. The van der Waals surface area contributed by atoms with Crippen LogP contribution in [0.3, 0.4) is 0 Å². The van der Waals surface area contributed by atoms with Gasteiger partial charge in [0.05, 0.1) is 6.61 Å². The molecule has 1 atom stereocenters. The van der Waals surface area contributed by atoms with Crippen molar-refractivity contribution in [1.82, 2.24) is 5.32 Å². The first-order valence-electron chi connectivity index (χ1n) is 7.07. The van der Waals surface area contributed by atoms with Gasteiger partial charge in [-0.05, 0) is 49.9 Å². The van der Waals surface area contributed by atoms with Gasteiger partial charge in [-0.25, -0.2) is 0 Å². The summed E-state index contributed by atoms with van der Waals surface area (Å²) in [5, 5.41) is 3.31. The van der Waals surface area contributed by atoms with Gasteiger partial charge in [0, 0.05) is 6.04 Å². The summed E-state index contributed by atoms with van der Waals surface area (Å²) in [4.78, 5) is 0. The summed E-state index contributed by atoms with van der Waals surface area (Å²) in [7, 11) is 2.03. The molecule has 1 unspecified atom stereocenters. The Morgan fingerprint density at radius 3 is 2.33 bits per heavy atom. The van der Waals surface area contributed by atoms with Crippen LogP contribution in [0.1, 0.15) is 51.5 Å². The number of benzene rings is 1. The van der Waals surface area contributed by atoms with Crippen LogP contribution >= 0.6 is 0 Å². The fourth-order valence-electron chi connectivity index (χ4n) is 2.02. The first-order chi connectivity index (χ1) is 8.67. The summed E-state index contributed by atoms with van der Waals surface area (Å²) in [6.07, 6.45) is 3.46. The highest BCUT2D eigenvalue weighted by Crippen LogP contribution is 2.18. The third kappa shape index (κ3) is 5.09. The lowest BCUT2D eigenvalue weighted by Gasteiger charge is -2.14. The van der Waals surface area contributed by atoms with Crippen LogP contribution in [0, 0.1) is 0 Å². The smallest absolute Gasteiger partial charge is 0.119 e. The summed E-state index contributed by atoms with van der Waals surface area (Å²) in [5.74, 6) is 1.57. The zero-order valence-electron chi connectivity index (χ0n) is 12.2. The molecule has 0 heterocycles. The average Bonchev–Trinajstić information content (AvgIpc) is 2.39. The number of hydrogen-bond acceptors (Lipinski definition) is 2. The molecule has 0 bridgehead atoms. The van der Waals surface area contributed by atoms with Crippen LogP contribution in [-0.2, 0) is 0 Å². The molecule has 0 amide bonds. The molecule has 18 heavy (non-hydrogen) atoms. The lowest BCUT2D eigenvalue weighted by atomic mass is 10.0. The maximum atomic E-state index is 5.75. The molecule has 0 radical (unpaired) electrons. The Bertz CT molecular complexity index is 314. The molecule has 1 aromatic rings. The zero-order chi connectivity index (χ0) is 13.4. The summed E-state index contributed by atoms with van der Waals surface area (Å²) < 4.78 is 5.75. The van der Waals surface area contributed by atoms with E-state index >= 15 is 0 Å². The van der Waals surface area contributed by atoms with Gasteiger partial charge in [0.2, 0.25) is 0 Å². The Morgan fingerprint density at radius 1 is 1.17 bits per heavy atom. The third-order valence-corrected chi connectivity index (χ3v) is 3.41. The van der Waals surface area contributed by atoms with Crippen LogP contribution in [0.2, 0.25) is 0 Å². The van der Waals surface area contributed by atoms with E-state index < -0.39 is 0 Å². The van der Waals surface area contributed by atoms with Crippen molar-refractivity contribution in [3.05, 3.63) is 29.8 Å². The van der Waals surface area contributed by atoms with Gasteiger partial charge in [-0.1, -0.05) is 32.9 Å². The van der Waals surface area contributed by atoms with Gasteiger partial charge in [-0.2, -0.15) is 0 Å². The molecular formula is C16H27NO. The normalized spacial score (nSPS) is 12.7. The van der Waals surface area contributed by atoms with Gasteiger partial charge in [-0.3, -0.25) is 0 Å². The maximum absolute atomic E-state index is 5.75. The molecule has 1 N–H and O–H groups in total. The molecule has 0 saturated carbocycles. The van der Waals surface area contributed by atoms with Gasteiger partial charge in [0.1, 0.15) is 5.75 Å². The van der Waals surface area contributed by atoms with E-state index in [1.54, 1.807) is 0 Å². The Hall–Kier alpha value is -1.02. The van der Waals surface area contributed by atoms with Crippen molar-refractivity contribution in [2.45, 2.75) is 52.0 Å². The Kier molecular flexibility index (Phi) is 6.81. The first kappa shape index (κ1) is 15.0. The van der Waals surface area contributed by atoms with Crippen LogP contribution in [-0.4, -0.2) is 19.7 Å². The van der Waals surface area contributed by atoms with Crippen LogP contribution in [0.25, 0.3) is 0 Å². The standard InChI is InChI=1S/C16H27NO/c1-5-15(17-4)7-6-12-18-16-10-8-14(9-11-16)13(2)3/h8-11,13,15,17H,5-7,12H2,1-4H3. The van der Waals surface area contributed by atoms with E-state index in [1.807, 2.05) is 7.05 Å². The number of rotatable bonds is 8. The first-order valence-corrected chi connectivity index (χ1v) is 7.07. The highest BCUT2D eigenvalue weighted by atomic mass is 16.5. The molecule has 1 aromatic carbocycles. The Balaban J connectivity index is 2.27. The summed E-state index contributed by atoms with van der Waals surface area (Å²) >= 11 is 0. The minimum atomic E-state index is 0.583. The summed E-state index contributed by atoms with van der Waals surface area (Å²) in [6, 6.07) is 9.08. The van der Waals surface area contributed by atoms with E-state index in [1.165, 1.54) is 18.4 Å². The molecule has 2 heteroatoms. The predicted molar refractivity (Wildman–Crippen MR) is 78.4 cm³/mol. The van der Waals surface area contributed by atoms with E-state index in [9.17, 15) is 0 Å². The van der Waals surface area contributed by atoms with E-state index in [0.717, 1.165) is 18.8 Å². The maximum Gasteiger partial charge on any atom is 0.119 e. The summed E-state index contributed by atoms with van der Waals surface area (Å²) in [5.41, 5.74) is 1.36. The van der Waals surface area contributed by atoms with Gasteiger partial charge < -0.3 is 10.1 Å². The fraction of sp³-hybridized carbons (Fsp3) is 0.625. The third-order valence-electron chi connectivity index (χ3n) is 3.41. The molecule has 0 aliphatic carbocycles. The van der Waals surface area contributed by atoms with Gasteiger partial charge in [-0.15, -0.1) is 0 Å². The second-order valence-corrected chi connectivity index (χ2v) is 5.11. The van der Waals surface area contributed by atoms with Gasteiger partial charge in [0.25, 0.3) is 0 Å². The minimum absolute atomic E-state index is 0.583. The Morgan fingerprint density at radius 2 is 1.83 bits per heavy atom. The SMILES string of the molecule is CCC(CCCOc1ccc(C(C)C)cc1)NC. The molecule has 0 aliphatic rings. The highest BCUT2D eigenvalue weighted by molar-refractivity contribution is 5.28. The van der Waals surface area contributed by atoms with Crippen LogP contribution in [0.15, 0.2) is 24.3 Å². The second kappa shape index (κ2) is 8.15. The number of nitrogens with one attached hydrogen (secondary N) is 1. The largest absolute Gasteiger partial charge is 0.494 e. The van der Waals surface area contributed by atoms with Gasteiger partial charge >= 0.3 is 0 Å². The molecule has 0 aromatic heterocycles. The lowest BCUT2D eigenvalue weighted by molar-refractivity contribution is 0.296. The summed E-state index contributed by atoms with van der Waals surface area (Å²) in [6.45, 7) is 7.43. The van der Waals surface area contributed by atoms with Crippen molar-refractivity contribution >= 4 is 0 Å². The van der Waals surface area contributed by atoms with Crippen molar-refractivity contribution in [3.8, 4) is 5.75 Å². The molecule has 0 spiro atoms. The highest BCUT2D eigenvalue weighted by Gasteiger charge is 2.03. The molecule has 0 fully saturated rings. The molecule has 2 nitrogen and oxygen atoms in total. The van der Waals surface area contributed by atoms with Crippen LogP contribution in [0.4, 0.5) is 0 Å². The van der Waals surface area contributed by atoms with Crippen molar-refractivity contribution in [1.29, 1.82) is 0 Å². The molecule has 102 valence electrons. The molecule has 0 saturated heterocycles. The average molecular weight is 249 g/mol. The van der Waals surface area contributed by atoms with Crippen LogP contribution < -0.4 is 10.1 Å². The fourth-order valence-corrected chi connectivity index (χ4v) is 2.02. The van der Waals surface area contributed by atoms with Crippen LogP contribution in [0.5, 0.6) is 5.75 Å². The van der Waals surface area contributed by atoms with Crippen molar-refractivity contribution < 1.29 is 4.74 Å². The quantitative estimate of drug-likeness (QED) is 0.704. The second-order valence-electron chi connectivity index (χ2n) is 5.11. The van der Waals surface area contributed by atoms with E-state index in [0.29, 0.717) is 12.0 Å². The van der Waals surface area contributed by atoms with E-state index in [-0.39, 0.29) is 0 Å². The van der Waals surface area contributed by atoms with Crippen molar-refractivity contribution in [2.24, 2.45) is 0 Å². The minimum Gasteiger partial charge on any atom is -0.494 e. The predicted octanol–water partition coefficient (Wildman–Crippen LogP) is 3.97. The van der Waals surface area contributed by atoms with Gasteiger partial charge in [0.15, 0.2) is 0 Å². The zero-order valence-corrected chi connectivity index (χ0v) is 12.2. The molecular weight excluding hydrogens is 222 g/mol. The van der Waals surface area contributed by atoms with Crippen molar-refractivity contribution in [3.63, 3.8) is 0 Å². The van der Waals surface area contributed by atoms with Crippen molar-refractivity contribution in [2.75, 3.05) is 13.7 Å². The monoisotopic (exact) mass is 249 g/mol. The van der Waals surface area contributed by atoms with E-state index in [2.05, 4.69) is 50.4 Å². The van der Waals surface area contributed by atoms with E-state index in [4.69, 9.17) is 4.74 Å².